The van der Waals surface area contributed by atoms with Gasteiger partial charge >= 0.3 is 0 Å². The number of rotatable bonds is 9. The number of sulfone groups is 1. The molecule has 1 aliphatic rings. The smallest absolute Gasteiger partial charge is 0.227 e. The zero-order valence-electron chi connectivity index (χ0n) is 18.9. The highest BCUT2D eigenvalue weighted by Gasteiger charge is 2.25. The lowest BCUT2D eigenvalue weighted by atomic mass is 9.94. The number of aliphatic hydroxyl groups is 1. The molecular formula is C25H34N2O4S. The second-order valence-corrected chi connectivity index (χ2v) is 10.7. The van der Waals surface area contributed by atoms with E-state index in [1.807, 2.05) is 37.3 Å². The average Bonchev–Trinajstić information content (AvgIpc) is 2.79. The number of amides is 1. The van der Waals surface area contributed by atoms with E-state index in [0.29, 0.717) is 12.8 Å². The highest BCUT2D eigenvalue weighted by Crippen LogP contribution is 2.23. The first-order valence-electron chi connectivity index (χ1n) is 11.3. The molecule has 3 rings (SSSR count). The van der Waals surface area contributed by atoms with Crippen LogP contribution in [0, 0.1) is 0 Å². The van der Waals surface area contributed by atoms with Crippen LogP contribution in [0.2, 0.25) is 0 Å². The van der Waals surface area contributed by atoms with Crippen molar-refractivity contribution in [3.05, 3.63) is 65.7 Å². The van der Waals surface area contributed by atoms with Crippen LogP contribution in [-0.4, -0.2) is 56.3 Å². The van der Waals surface area contributed by atoms with Crippen molar-refractivity contribution in [3.63, 3.8) is 0 Å². The molecule has 0 bridgehead atoms. The van der Waals surface area contributed by atoms with Gasteiger partial charge in [-0.1, -0.05) is 49.4 Å². The van der Waals surface area contributed by atoms with Crippen LogP contribution in [0.1, 0.15) is 55.8 Å². The molecule has 2 aromatic rings. The monoisotopic (exact) mass is 458 g/mol. The minimum atomic E-state index is -3.25. The highest BCUT2D eigenvalue weighted by molar-refractivity contribution is 7.90. The number of hydrogen-bond acceptors (Lipinski definition) is 5. The Bertz CT molecular complexity index is 969. The van der Waals surface area contributed by atoms with Crippen LogP contribution in [-0.2, 0) is 14.6 Å². The second kappa shape index (κ2) is 11.1. The molecule has 0 spiro atoms. The van der Waals surface area contributed by atoms with E-state index in [1.54, 1.807) is 24.3 Å². The molecule has 1 aliphatic heterocycles. The van der Waals surface area contributed by atoms with Gasteiger partial charge in [0, 0.05) is 31.9 Å². The Hall–Kier alpha value is -2.22. The summed E-state index contributed by atoms with van der Waals surface area (Å²) in [4.78, 5) is 15.5. The van der Waals surface area contributed by atoms with Crippen LogP contribution in [0.5, 0.6) is 0 Å². The van der Waals surface area contributed by atoms with Gasteiger partial charge in [0.25, 0.3) is 0 Å². The molecule has 1 amide bonds. The molecule has 7 heteroatoms. The third-order valence-electron chi connectivity index (χ3n) is 6.27. The minimum Gasteiger partial charge on any atom is -0.388 e. The van der Waals surface area contributed by atoms with Crippen LogP contribution in [0.4, 0.5) is 0 Å². The van der Waals surface area contributed by atoms with Crippen LogP contribution in [0.25, 0.3) is 0 Å². The van der Waals surface area contributed by atoms with Gasteiger partial charge in [-0.05, 0) is 48.9 Å². The van der Waals surface area contributed by atoms with Crippen molar-refractivity contribution in [1.29, 1.82) is 0 Å². The molecule has 1 saturated heterocycles. The van der Waals surface area contributed by atoms with Gasteiger partial charge in [0.05, 0.1) is 16.9 Å². The van der Waals surface area contributed by atoms with Crippen molar-refractivity contribution < 1.29 is 18.3 Å². The standard InChI is InChI=1S/C25H34N2O4S/c1-3-23(19-9-11-22(12-10-19)32(2,30)31)25(29)26-21-13-16-27(17-14-21)18-15-24(28)20-7-5-4-6-8-20/h4-12,21,23-24,28H,3,13-18H2,1-2H3,(H,26,29). The zero-order valence-corrected chi connectivity index (χ0v) is 19.7. The van der Waals surface area contributed by atoms with Gasteiger partial charge in [0.15, 0.2) is 9.84 Å². The fraction of sp³-hybridized carbons (Fsp3) is 0.480. The van der Waals surface area contributed by atoms with Gasteiger partial charge < -0.3 is 15.3 Å². The quantitative estimate of drug-likeness (QED) is 0.602. The predicted octanol–water partition coefficient (Wildman–Crippen LogP) is 3.29. The number of aliphatic hydroxyl groups excluding tert-OH is 1. The Balaban J connectivity index is 1.47. The highest BCUT2D eigenvalue weighted by atomic mass is 32.2. The van der Waals surface area contributed by atoms with Crippen molar-refractivity contribution in [2.24, 2.45) is 0 Å². The molecule has 2 N–H and O–H groups in total. The summed E-state index contributed by atoms with van der Waals surface area (Å²) in [5, 5.41) is 13.6. The molecule has 1 heterocycles. The molecule has 6 nitrogen and oxygen atoms in total. The van der Waals surface area contributed by atoms with Crippen molar-refractivity contribution in [1.82, 2.24) is 10.2 Å². The summed E-state index contributed by atoms with van der Waals surface area (Å²) < 4.78 is 23.3. The number of piperidine rings is 1. The normalized spacial score (nSPS) is 17.6. The van der Waals surface area contributed by atoms with E-state index >= 15 is 0 Å². The molecule has 0 aliphatic carbocycles. The summed E-state index contributed by atoms with van der Waals surface area (Å²) in [6, 6.07) is 16.5. The Morgan fingerprint density at radius 3 is 2.25 bits per heavy atom. The average molecular weight is 459 g/mol. The topological polar surface area (TPSA) is 86.7 Å². The molecule has 2 unspecified atom stereocenters. The van der Waals surface area contributed by atoms with Gasteiger partial charge in [0.2, 0.25) is 5.91 Å². The van der Waals surface area contributed by atoms with Gasteiger partial charge in [-0.15, -0.1) is 0 Å². The fourth-order valence-electron chi connectivity index (χ4n) is 4.27. The van der Waals surface area contributed by atoms with E-state index < -0.39 is 15.9 Å². The Labute approximate surface area is 191 Å². The third-order valence-corrected chi connectivity index (χ3v) is 7.40. The summed E-state index contributed by atoms with van der Waals surface area (Å²) in [6.07, 6.45) is 3.85. The SMILES string of the molecule is CCC(C(=O)NC1CCN(CCC(O)c2ccccc2)CC1)c1ccc(S(C)(=O)=O)cc1. The summed E-state index contributed by atoms with van der Waals surface area (Å²) in [6.45, 7) is 4.59. The summed E-state index contributed by atoms with van der Waals surface area (Å²) in [5.41, 5.74) is 1.79. The van der Waals surface area contributed by atoms with E-state index in [1.165, 1.54) is 6.26 Å². The van der Waals surface area contributed by atoms with Crippen LogP contribution in [0.3, 0.4) is 0 Å². The van der Waals surface area contributed by atoms with E-state index in [9.17, 15) is 18.3 Å². The summed E-state index contributed by atoms with van der Waals surface area (Å²) in [5.74, 6) is -0.291. The lowest BCUT2D eigenvalue weighted by Gasteiger charge is -2.33. The van der Waals surface area contributed by atoms with Crippen LogP contribution < -0.4 is 5.32 Å². The number of carbonyl (C=O) groups excluding carboxylic acids is 1. The number of carbonyl (C=O) groups is 1. The molecule has 0 aromatic heterocycles. The number of nitrogens with one attached hydrogen (secondary N) is 1. The Morgan fingerprint density at radius 2 is 1.69 bits per heavy atom. The van der Waals surface area contributed by atoms with E-state index in [-0.39, 0.29) is 22.8 Å². The van der Waals surface area contributed by atoms with Crippen molar-refractivity contribution in [2.45, 2.75) is 55.6 Å². The molecule has 1 fully saturated rings. The lowest BCUT2D eigenvalue weighted by Crippen LogP contribution is -2.46. The van der Waals surface area contributed by atoms with E-state index in [2.05, 4.69) is 10.2 Å². The number of hydrogen-bond donors (Lipinski definition) is 2. The fourth-order valence-corrected chi connectivity index (χ4v) is 4.90. The maximum absolute atomic E-state index is 12.9. The molecule has 174 valence electrons. The van der Waals surface area contributed by atoms with Gasteiger partial charge in [-0.2, -0.15) is 0 Å². The Kier molecular flexibility index (Phi) is 8.45. The van der Waals surface area contributed by atoms with Crippen molar-refractivity contribution in [2.75, 3.05) is 25.9 Å². The van der Waals surface area contributed by atoms with Crippen LogP contribution >= 0.6 is 0 Å². The van der Waals surface area contributed by atoms with Gasteiger partial charge in [0.1, 0.15) is 0 Å². The molecule has 2 aromatic carbocycles. The lowest BCUT2D eigenvalue weighted by molar-refractivity contribution is -0.123. The van der Waals surface area contributed by atoms with Crippen molar-refractivity contribution >= 4 is 15.7 Å². The first kappa shape index (κ1) is 24.4. The molecule has 32 heavy (non-hydrogen) atoms. The summed E-state index contributed by atoms with van der Waals surface area (Å²) in [7, 11) is -3.25. The van der Waals surface area contributed by atoms with Crippen LogP contribution in [0.15, 0.2) is 59.5 Å². The number of nitrogens with zero attached hydrogens (tertiary/aromatic N) is 1. The predicted molar refractivity (Wildman–Crippen MR) is 126 cm³/mol. The minimum absolute atomic E-state index is 0.00226. The third kappa shape index (κ3) is 6.64. The maximum atomic E-state index is 12.9. The number of benzene rings is 2. The van der Waals surface area contributed by atoms with Gasteiger partial charge in [-0.25, -0.2) is 8.42 Å². The largest absolute Gasteiger partial charge is 0.388 e. The second-order valence-electron chi connectivity index (χ2n) is 8.64. The van der Waals surface area contributed by atoms with Gasteiger partial charge in [-0.3, -0.25) is 4.79 Å². The molecule has 2 atom stereocenters. The molecule has 0 saturated carbocycles. The first-order chi connectivity index (χ1) is 15.3. The number of likely N-dealkylation sites (tertiary alicyclic amines) is 1. The summed E-state index contributed by atoms with van der Waals surface area (Å²) >= 11 is 0. The first-order valence-corrected chi connectivity index (χ1v) is 13.2. The van der Waals surface area contributed by atoms with Crippen molar-refractivity contribution in [3.8, 4) is 0 Å². The molecule has 0 radical (unpaired) electrons. The van der Waals surface area contributed by atoms with E-state index in [4.69, 9.17) is 0 Å². The Morgan fingerprint density at radius 1 is 1.06 bits per heavy atom. The zero-order chi connectivity index (χ0) is 23.1. The maximum Gasteiger partial charge on any atom is 0.227 e. The van der Waals surface area contributed by atoms with E-state index in [0.717, 1.165) is 43.6 Å². The molecular weight excluding hydrogens is 424 g/mol.